The van der Waals surface area contributed by atoms with Gasteiger partial charge in [0.05, 0.1) is 0 Å². The summed E-state index contributed by atoms with van der Waals surface area (Å²) in [6.07, 6.45) is 33.4. The molecular formula is C33H58N2. The zero-order chi connectivity index (χ0) is 24.8. The van der Waals surface area contributed by atoms with Crippen LogP contribution in [-0.4, -0.2) is 22.5 Å². The van der Waals surface area contributed by atoms with Gasteiger partial charge in [-0.15, -0.1) is 0 Å². The van der Waals surface area contributed by atoms with Crippen molar-refractivity contribution in [3.63, 3.8) is 0 Å². The molecule has 0 bridgehead atoms. The van der Waals surface area contributed by atoms with Crippen molar-refractivity contribution >= 4 is 0 Å². The summed E-state index contributed by atoms with van der Waals surface area (Å²) < 4.78 is 0. The summed E-state index contributed by atoms with van der Waals surface area (Å²) >= 11 is 0. The Balaban J connectivity index is 1.65. The van der Waals surface area contributed by atoms with E-state index in [1.165, 1.54) is 141 Å². The summed E-state index contributed by atoms with van der Waals surface area (Å²) in [5.41, 5.74) is 1.43. The van der Waals surface area contributed by atoms with Gasteiger partial charge < -0.3 is 9.80 Å². The second-order valence-electron chi connectivity index (χ2n) is 11.0. The van der Waals surface area contributed by atoms with Crippen LogP contribution < -0.4 is 0 Å². The molecule has 35 heavy (non-hydrogen) atoms. The van der Waals surface area contributed by atoms with Crippen molar-refractivity contribution in [3.8, 4) is 0 Å². The first-order valence-electron chi connectivity index (χ1n) is 15.6. The van der Waals surface area contributed by atoms with E-state index in [2.05, 4.69) is 66.4 Å². The quantitative estimate of drug-likeness (QED) is 0.143. The molecule has 0 aromatic heterocycles. The third-order valence-corrected chi connectivity index (χ3v) is 7.76. The minimum Gasteiger partial charge on any atom is -0.356 e. The van der Waals surface area contributed by atoms with Gasteiger partial charge in [-0.05, 0) is 24.8 Å². The average molecular weight is 483 g/mol. The Hall–Kier alpha value is -1.44. The number of unbranched alkanes of at least 4 members (excludes halogenated alkanes) is 17. The maximum absolute atomic E-state index is 2.65. The van der Waals surface area contributed by atoms with Crippen LogP contribution in [-0.2, 0) is 6.54 Å². The molecule has 1 unspecified atom stereocenters. The molecule has 0 radical (unpaired) electrons. The van der Waals surface area contributed by atoms with E-state index < -0.39 is 0 Å². The molecule has 1 aliphatic rings. The van der Waals surface area contributed by atoms with Crippen molar-refractivity contribution < 1.29 is 0 Å². The minimum atomic E-state index is 0.554. The summed E-state index contributed by atoms with van der Waals surface area (Å²) in [5.74, 6) is 0. The van der Waals surface area contributed by atoms with Gasteiger partial charge in [-0.3, -0.25) is 0 Å². The number of rotatable bonds is 23. The number of hydrogen-bond donors (Lipinski definition) is 0. The lowest BCUT2D eigenvalue weighted by Gasteiger charge is -2.33. The molecule has 2 heteroatoms. The van der Waals surface area contributed by atoms with Crippen molar-refractivity contribution in [2.45, 2.75) is 155 Å². The van der Waals surface area contributed by atoms with Gasteiger partial charge in [0.15, 0.2) is 0 Å². The summed E-state index contributed by atoms with van der Waals surface area (Å²) in [4.78, 5) is 5.24. The fourth-order valence-corrected chi connectivity index (χ4v) is 5.49. The highest BCUT2D eigenvalue weighted by molar-refractivity contribution is 5.15. The molecule has 1 aromatic rings. The van der Waals surface area contributed by atoms with Crippen LogP contribution in [0.25, 0.3) is 0 Å². The summed E-state index contributed by atoms with van der Waals surface area (Å²) in [7, 11) is 0. The lowest BCUT2D eigenvalue weighted by Crippen LogP contribution is -2.38. The summed E-state index contributed by atoms with van der Waals surface area (Å²) in [5, 5.41) is 0. The summed E-state index contributed by atoms with van der Waals surface area (Å²) in [6.45, 7) is 6.87. The minimum absolute atomic E-state index is 0.554. The highest BCUT2D eigenvalue weighted by Gasteiger charge is 2.25. The van der Waals surface area contributed by atoms with Gasteiger partial charge in [0.25, 0.3) is 0 Å². The molecule has 0 N–H and O–H groups in total. The van der Waals surface area contributed by atoms with Gasteiger partial charge in [0, 0.05) is 25.5 Å². The standard InChI is InChI=1S/C33H58N2/c1-3-5-7-9-11-13-15-17-19-24-28-34-29-30-35(31-32-25-21-20-22-26-32)33(34)27-23-18-16-14-12-10-8-6-4-2/h20-22,25-26,29-30,33H,3-19,23-24,27-28,31H2,1-2H3. The van der Waals surface area contributed by atoms with Crippen LogP contribution in [0, 0.1) is 0 Å². The lowest BCUT2D eigenvalue weighted by atomic mass is 10.0. The van der Waals surface area contributed by atoms with Crippen LogP contribution in [0.4, 0.5) is 0 Å². The average Bonchev–Trinajstić information content (AvgIpc) is 3.25. The molecule has 2 nitrogen and oxygen atoms in total. The number of hydrogen-bond acceptors (Lipinski definition) is 2. The van der Waals surface area contributed by atoms with Crippen molar-refractivity contribution in [2.24, 2.45) is 0 Å². The van der Waals surface area contributed by atoms with Crippen LogP contribution in [0.15, 0.2) is 42.7 Å². The predicted octanol–water partition coefficient (Wildman–Crippen LogP) is 10.4. The first-order valence-corrected chi connectivity index (χ1v) is 15.6. The molecule has 200 valence electrons. The maximum Gasteiger partial charge on any atom is 0.101 e. The second kappa shape index (κ2) is 20.7. The van der Waals surface area contributed by atoms with E-state index in [9.17, 15) is 0 Å². The first kappa shape index (κ1) is 29.8. The van der Waals surface area contributed by atoms with Gasteiger partial charge >= 0.3 is 0 Å². The molecule has 1 aliphatic heterocycles. The van der Waals surface area contributed by atoms with Crippen LogP contribution in [0.1, 0.15) is 148 Å². The molecule has 1 aromatic carbocycles. The molecule has 0 fully saturated rings. The molecule has 2 rings (SSSR count). The van der Waals surface area contributed by atoms with Crippen LogP contribution >= 0.6 is 0 Å². The van der Waals surface area contributed by atoms with E-state index in [1.54, 1.807) is 0 Å². The first-order chi connectivity index (χ1) is 17.3. The molecule has 1 heterocycles. The summed E-state index contributed by atoms with van der Waals surface area (Å²) in [6, 6.07) is 11.0. The Bertz CT molecular complexity index is 611. The Morgan fingerprint density at radius 2 is 0.971 bits per heavy atom. The smallest absolute Gasteiger partial charge is 0.101 e. The van der Waals surface area contributed by atoms with Gasteiger partial charge in [0.1, 0.15) is 6.17 Å². The normalized spacial score (nSPS) is 15.4. The topological polar surface area (TPSA) is 6.48 Å². The van der Waals surface area contributed by atoms with E-state index in [-0.39, 0.29) is 0 Å². The molecule has 0 spiro atoms. The third-order valence-electron chi connectivity index (χ3n) is 7.76. The lowest BCUT2D eigenvalue weighted by molar-refractivity contribution is 0.132. The Labute approximate surface area is 219 Å². The van der Waals surface area contributed by atoms with E-state index >= 15 is 0 Å². The van der Waals surface area contributed by atoms with Crippen molar-refractivity contribution in [2.75, 3.05) is 6.54 Å². The third kappa shape index (κ3) is 14.0. The SMILES string of the molecule is CCCCCCCCCCCCN1C=CN(Cc2ccccc2)C1CCCCCCCCCCC. The van der Waals surface area contributed by atoms with Crippen molar-refractivity contribution in [1.82, 2.24) is 9.80 Å². The van der Waals surface area contributed by atoms with Crippen molar-refractivity contribution in [3.05, 3.63) is 48.3 Å². The van der Waals surface area contributed by atoms with Crippen molar-refractivity contribution in [1.29, 1.82) is 0 Å². The van der Waals surface area contributed by atoms with Crippen LogP contribution in [0.3, 0.4) is 0 Å². The maximum atomic E-state index is 2.65. The molecule has 0 saturated heterocycles. The van der Waals surface area contributed by atoms with Gasteiger partial charge in [-0.1, -0.05) is 153 Å². The zero-order valence-electron chi connectivity index (χ0n) is 23.6. The second-order valence-corrected chi connectivity index (χ2v) is 11.0. The predicted molar refractivity (Wildman–Crippen MR) is 155 cm³/mol. The monoisotopic (exact) mass is 482 g/mol. The van der Waals surface area contributed by atoms with Gasteiger partial charge in [0.2, 0.25) is 0 Å². The Morgan fingerprint density at radius 3 is 1.51 bits per heavy atom. The molecule has 1 atom stereocenters. The van der Waals surface area contributed by atoms with E-state index in [0.29, 0.717) is 6.17 Å². The van der Waals surface area contributed by atoms with Gasteiger partial charge in [-0.25, -0.2) is 0 Å². The van der Waals surface area contributed by atoms with E-state index in [0.717, 1.165) is 6.54 Å². The highest BCUT2D eigenvalue weighted by Crippen LogP contribution is 2.25. The van der Waals surface area contributed by atoms with E-state index in [1.807, 2.05) is 0 Å². The molecular weight excluding hydrogens is 424 g/mol. The zero-order valence-corrected chi connectivity index (χ0v) is 23.6. The highest BCUT2D eigenvalue weighted by atomic mass is 15.4. The number of benzene rings is 1. The van der Waals surface area contributed by atoms with Crippen LogP contribution in [0.5, 0.6) is 0 Å². The molecule has 0 amide bonds. The number of nitrogens with zero attached hydrogens (tertiary/aromatic N) is 2. The fourth-order valence-electron chi connectivity index (χ4n) is 5.49. The fraction of sp³-hybridized carbons (Fsp3) is 0.758. The molecule has 0 saturated carbocycles. The Morgan fingerprint density at radius 1 is 0.514 bits per heavy atom. The Kier molecular flexibility index (Phi) is 17.6. The van der Waals surface area contributed by atoms with Crippen LogP contribution in [0.2, 0.25) is 0 Å². The molecule has 0 aliphatic carbocycles. The largest absolute Gasteiger partial charge is 0.356 e. The van der Waals surface area contributed by atoms with Gasteiger partial charge in [-0.2, -0.15) is 0 Å². The van der Waals surface area contributed by atoms with E-state index in [4.69, 9.17) is 0 Å².